The van der Waals surface area contributed by atoms with Crippen LogP contribution in [0.4, 0.5) is 0 Å². The molecular weight excluding hydrogens is 270 g/mol. The lowest BCUT2D eigenvalue weighted by molar-refractivity contribution is -0.119. The summed E-state index contributed by atoms with van der Waals surface area (Å²) in [5, 5.41) is 2.93. The monoisotopic (exact) mass is 295 g/mol. The molecule has 0 spiro atoms. The minimum Gasteiger partial charge on any atom is -0.383 e. The van der Waals surface area contributed by atoms with E-state index < -0.39 is 0 Å². The Morgan fingerprint density at radius 2 is 1.80 bits per heavy atom. The molecule has 1 unspecified atom stereocenters. The molecule has 0 aliphatic rings. The molecule has 0 saturated heterocycles. The SMILES string of the molecule is COCC(C)NC(=O)CSc1c(C)c(C)cc(C)c1C. The number of hydrogen-bond donors (Lipinski definition) is 1. The molecule has 1 aromatic carbocycles. The minimum atomic E-state index is 0.0505. The molecule has 112 valence electrons. The average Bonchev–Trinajstić information content (AvgIpc) is 2.36. The van der Waals surface area contributed by atoms with Crippen molar-refractivity contribution in [2.24, 2.45) is 0 Å². The van der Waals surface area contributed by atoms with Gasteiger partial charge in [-0.05, 0) is 56.9 Å². The van der Waals surface area contributed by atoms with Gasteiger partial charge in [-0.25, -0.2) is 0 Å². The fraction of sp³-hybridized carbons (Fsp3) is 0.562. The molecule has 0 heterocycles. The van der Waals surface area contributed by atoms with E-state index in [4.69, 9.17) is 4.74 Å². The standard InChI is InChI=1S/C16H25NO2S/c1-10-7-11(2)14(5)16(13(10)4)20-9-15(18)17-12(3)8-19-6/h7,12H,8-9H2,1-6H3,(H,17,18). The summed E-state index contributed by atoms with van der Waals surface area (Å²) in [4.78, 5) is 13.1. The summed E-state index contributed by atoms with van der Waals surface area (Å²) in [6.45, 7) is 11.0. The van der Waals surface area contributed by atoms with Gasteiger partial charge in [0.2, 0.25) is 5.91 Å². The first-order valence-corrected chi connectivity index (χ1v) is 7.83. The van der Waals surface area contributed by atoms with Crippen molar-refractivity contribution < 1.29 is 9.53 Å². The van der Waals surface area contributed by atoms with Crippen LogP contribution in [0.15, 0.2) is 11.0 Å². The molecule has 1 aromatic rings. The Kier molecular flexibility index (Phi) is 6.56. The van der Waals surface area contributed by atoms with E-state index >= 15 is 0 Å². The predicted molar refractivity (Wildman–Crippen MR) is 85.6 cm³/mol. The lowest BCUT2D eigenvalue weighted by Crippen LogP contribution is -2.36. The number of carbonyl (C=O) groups excluding carboxylic acids is 1. The maximum Gasteiger partial charge on any atom is 0.230 e. The first kappa shape index (κ1) is 17.1. The number of thioether (sulfide) groups is 1. The Hall–Kier alpha value is -1.00. The van der Waals surface area contributed by atoms with Crippen molar-refractivity contribution in [2.45, 2.75) is 45.6 Å². The zero-order valence-corrected chi connectivity index (χ0v) is 14.1. The summed E-state index contributed by atoms with van der Waals surface area (Å²) in [5.74, 6) is 0.496. The summed E-state index contributed by atoms with van der Waals surface area (Å²) >= 11 is 1.62. The zero-order chi connectivity index (χ0) is 15.3. The van der Waals surface area contributed by atoms with Crippen LogP contribution in [0.25, 0.3) is 0 Å². The highest BCUT2D eigenvalue weighted by molar-refractivity contribution is 8.00. The summed E-state index contributed by atoms with van der Waals surface area (Å²) in [6.07, 6.45) is 0. The molecule has 0 saturated carbocycles. The summed E-state index contributed by atoms with van der Waals surface area (Å²) < 4.78 is 5.02. The van der Waals surface area contributed by atoms with E-state index in [0.717, 1.165) is 0 Å². The third-order valence-electron chi connectivity index (χ3n) is 3.47. The van der Waals surface area contributed by atoms with Gasteiger partial charge >= 0.3 is 0 Å². The largest absolute Gasteiger partial charge is 0.383 e. The fourth-order valence-corrected chi connectivity index (χ4v) is 3.26. The number of ether oxygens (including phenoxy) is 1. The van der Waals surface area contributed by atoms with Crippen LogP contribution < -0.4 is 5.32 Å². The molecule has 1 atom stereocenters. The van der Waals surface area contributed by atoms with E-state index in [-0.39, 0.29) is 11.9 Å². The van der Waals surface area contributed by atoms with Gasteiger partial charge in [0, 0.05) is 18.0 Å². The van der Waals surface area contributed by atoms with Gasteiger partial charge in [0.15, 0.2) is 0 Å². The third-order valence-corrected chi connectivity index (χ3v) is 4.78. The van der Waals surface area contributed by atoms with E-state index in [9.17, 15) is 4.79 Å². The quantitative estimate of drug-likeness (QED) is 0.819. The third kappa shape index (κ3) is 4.53. The predicted octanol–water partition coefficient (Wildman–Crippen LogP) is 3.16. The smallest absolute Gasteiger partial charge is 0.230 e. The van der Waals surface area contributed by atoms with Crippen LogP contribution in [0.5, 0.6) is 0 Å². The highest BCUT2D eigenvalue weighted by Gasteiger charge is 2.12. The van der Waals surface area contributed by atoms with Crippen LogP contribution in [0.2, 0.25) is 0 Å². The van der Waals surface area contributed by atoms with E-state index in [0.29, 0.717) is 12.4 Å². The van der Waals surface area contributed by atoms with Crippen LogP contribution in [-0.2, 0) is 9.53 Å². The lowest BCUT2D eigenvalue weighted by atomic mass is 10.0. The van der Waals surface area contributed by atoms with Gasteiger partial charge in [0.1, 0.15) is 0 Å². The van der Waals surface area contributed by atoms with Crippen molar-refractivity contribution >= 4 is 17.7 Å². The van der Waals surface area contributed by atoms with E-state index in [1.54, 1.807) is 18.9 Å². The van der Waals surface area contributed by atoms with Gasteiger partial charge < -0.3 is 10.1 Å². The second-order valence-corrected chi connectivity index (χ2v) is 6.29. The maximum absolute atomic E-state index is 11.9. The molecule has 1 amide bonds. The number of amides is 1. The molecule has 0 fully saturated rings. The number of benzene rings is 1. The second kappa shape index (κ2) is 7.70. The van der Waals surface area contributed by atoms with Crippen molar-refractivity contribution in [1.29, 1.82) is 0 Å². The van der Waals surface area contributed by atoms with Crippen molar-refractivity contribution in [3.8, 4) is 0 Å². The summed E-state index contributed by atoms with van der Waals surface area (Å²) in [6, 6.07) is 2.25. The van der Waals surface area contributed by atoms with Crippen LogP contribution in [0.3, 0.4) is 0 Å². The molecule has 0 aliphatic heterocycles. The number of nitrogens with one attached hydrogen (secondary N) is 1. The van der Waals surface area contributed by atoms with E-state index in [1.807, 2.05) is 6.92 Å². The Morgan fingerprint density at radius 3 is 2.30 bits per heavy atom. The van der Waals surface area contributed by atoms with Crippen LogP contribution in [0, 0.1) is 27.7 Å². The summed E-state index contributed by atoms with van der Waals surface area (Å²) in [5.41, 5.74) is 5.11. The van der Waals surface area contributed by atoms with Crippen molar-refractivity contribution in [2.75, 3.05) is 19.5 Å². The normalized spacial score (nSPS) is 12.3. The van der Waals surface area contributed by atoms with Gasteiger partial charge in [-0.2, -0.15) is 0 Å². The van der Waals surface area contributed by atoms with Gasteiger partial charge in [0.25, 0.3) is 0 Å². The highest BCUT2D eigenvalue weighted by Crippen LogP contribution is 2.30. The number of rotatable bonds is 6. The van der Waals surface area contributed by atoms with Crippen molar-refractivity contribution in [3.05, 3.63) is 28.3 Å². The lowest BCUT2D eigenvalue weighted by Gasteiger charge is -2.16. The van der Waals surface area contributed by atoms with Crippen LogP contribution in [0.1, 0.15) is 29.2 Å². The topological polar surface area (TPSA) is 38.3 Å². The molecule has 0 bridgehead atoms. The van der Waals surface area contributed by atoms with Gasteiger partial charge in [0.05, 0.1) is 12.4 Å². The van der Waals surface area contributed by atoms with Gasteiger partial charge in [-0.1, -0.05) is 6.07 Å². The molecule has 0 aliphatic carbocycles. The van der Waals surface area contributed by atoms with Gasteiger partial charge in [-0.15, -0.1) is 11.8 Å². The summed E-state index contributed by atoms with van der Waals surface area (Å²) in [7, 11) is 1.64. The van der Waals surface area contributed by atoms with E-state index in [2.05, 4.69) is 39.1 Å². The second-order valence-electron chi connectivity index (χ2n) is 5.30. The molecule has 0 aromatic heterocycles. The van der Waals surface area contributed by atoms with Crippen LogP contribution in [-0.4, -0.2) is 31.4 Å². The Labute approximate surface area is 126 Å². The number of methoxy groups -OCH3 is 1. The van der Waals surface area contributed by atoms with Crippen molar-refractivity contribution in [3.63, 3.8) is 0 Å². The van der Waals surface area contributed by atoms with Crippen molar-refractivity contribution in [1.82, 2.24) is 5.32 Å². The van der Waals surface area contributed by atoms with Crippen LogP contribution >= 0.6 is 11.8 Å². The number of carbonyl (C=O) groups is 1. The highest BCUT2D eigenvalue weighted by atomic mass is 32.2. The molecule has 1 rings (SSSR count). The first-order valence-electron chi connectivity index (χ1n) is 6.85. The Morgan fingerprint density at radius 1 is 1.25 bits per heavy atom. The van der Waals surface area contributed by atoms with E-state index in [1.165, 1.54) is 27.1 Å². The fourth-order valence-electron chi connectivity index (χ4n) is 2.14. The number of hydrogen-bond acceptors (Lipinski definition) is 3. The molecular formula is C16H25NO2S. The molecule has 1 N–H and O–H groups in total. The van der Waals surface area contributed by atoms with Gasteiger partial charge in [-0.3, -0.25) is 4.79 Å². The maximum atomic E-state index is 11.9. The Bertz CT molecular complexity index is 460. The average molecular weight is 295 g/mol. The first-order chi connectivity index (χ1) is 9.36. The Balaban J connectivity index is 2.69. The minimum absolute atomic E-state index is 0.0505. The zero-order valence-electron chi connectivity index (χ0n) is 13.3. The molecule has 0 radical (unpaired) electrons. The molecule has 4 heteroatoms. The molecule has 3 nitrogen and oxygen atoms in total. The molecule has 20 heavy (non-hydrogen) atoms. The number of aryl methyl sites for hydroxylation is 2.